The molecule has 1 atom stereocenters. The van der Waals surface area contributed by atoms with Crippen LogP contribution in [0.25, 0.3) is 11.0 Å². The van der Waals surface area contributed by atoms with Crippen LogP contribution >= 0.6 is 0 Å². The minimum absolute atomic E-state index is 0.248. The molecule has 3 amide bonds. The summed E-state index contributed by atoms with van der Waals surface area (Å²) in [6.07, 6.45) is 0. The first-order valence-electron chi connectivity index (χ1n) is 10.4. The maximum Gasteiger partial charge on any atom is 0.321 e. The molecule has 0 aliphatic carbocycles. The standard InChI is InChI=1S/C24H20FN5O3/c1-2-26-23(32)29-22-27-19-12-7-14(13-20(19)28-22)24(33)18-6-4-3-5-17(18)21(31)30(24)16-10-8-15(25)9-11-16/h3-13,33H,2H2,1H3,(H3,26,27,28,29,32). The highest BCUT2D eigenvalue weighted by Crippen LogP contribution is 2.45. The number of fused-ring (bicyclic) bond motifs is 2. The summed E-state index contributed by atoms with van der Waals surface area (Å²) in [4.78, 5) is 33.7. The Hall–Kier alpha value is -4.24. The number of nitrogens with one attached hydrogen (secondary N) is 3. The first-order chi connectivity index (χ1) is 15.9. The summed E-state index contributed by atoms with van der Waals surface area (Å²) in [5.41, 5.74) is 0.822. The topological polar surface area (TPSA) is 110 Å². The fraction of sp³-hybridized carbons (Fsp3) is 0.125. The Morgan fingerprint density at radius 3 is 2.67 bits per heavy atom. The molecule has 4 aromatic rings. The summed E-state index contributed by atoms with van der Waals surface area (Å²) in [6.45, 7) is 2.27. The zero-order valence-electron chi connectivity index (χ0n) is 17.6. The van der Waals surface area contributed by atoms with Crippen LogP contribution in [0.2, 0.25) is 0 Å². The monoisotopic (exact) mass is 445 g/mol. The number of halogens is 1. The Morgan fingerprint density at radius 2 is 1.91 bits per heavy atom. The van der Waals surface area contributed by atoms with Gasteiger partial charge in [0.15, 0.2) is 5.72 Å². The van der Waals surface area contributed by atoms with Crippen molar-refractivity contribution in [2.45, 2.75) is 12.6 Å². The van der Waals surface area contributed by atoms with Crippen molar-refractivity contribution in [2.24, 2.45) is 0 Å². The molecule has 5 rings (SSSR count). The van der Waals surface area contributed by atoms with Gasteiger partial charge < -0.3 is 15.4 Å². The highest BCUT2D eigenvalue weighted by atomic mass is 19.1. The number of amides is 3. The van der Waals surface area contributed by atoms with Crippen LogP contribution in [0.3, 0.4) is 0 Å². The van der Waals surface area contributed by atoms with Crippen LogP contribution in [0, 0.1) is 5.82 Å². The molecule has 4 N–H and O–H groups in total. The summed E-state index contributed by atoms with van der Waals surface area (Å²) >= 11 is 0. The van der Waals surface area contributed by atoms with Crippen LogP contribution in [0.15, 0.2) is 66.7 Å². The Morgan fingerprint density at radius 1 is 1.15 bits per heavy atom. The Labute approximate surface area is 188 Å². The molecule has 1 aliphatic rings. The van der Waals surface area contributed by atoms with Gasteiger partial charge >= 0.3 is 6.03 Å². The molecule has 8 nitrogen and oxygen atoms in total. The van der Waals surface area contributed by atoms with Crippen molar-refractivity contribution in [1.29, 1.82) is 0 Å². The van der Waals surface area contributed by atoms with Gasteiger partial charge in [-0.15, -0.1) is 0 Å². The molecule has 33 heavy (non-hydrogen) atoms. The van der Waals surface area contributed by atoms with Crippen molar-refractivity contribution < 1.29 is 19.1 Å². The van der Waals surface area contributed by atoms with Gasteiger partial charge in [-0.3, -0.25) is 15.0 Å². The van der Waals surface area contributed by atoms with Crippen LogP contribution in [0.5, 0.6) is 0 Å². The number of aromatic amines is 1. The second kappa shape index (κ2) is 7.72. The molecule has 0 fully saturated rings. The van der Waals surface area contributed by atoms with E-state index in [0.29, 0.717) is 40.0 Å². The lowest BCUT2D eigenvalue weighted by atomic mass is 9.93. The average molecular weight is 445 g/mol. The number of aliphatic hydroxyl groups is 1. The Kier molecular flexibility index (Phi) is 4.83. The Bertz CT molecular complexity index is 1380. The molecule has 0 bridgehead atoms. The number of rotatable bonds is 4. The van der Waals surface area contributed by atoms with Crippen molar-refractivity contribution in [1.82, 2.24) is 15.3 Å². The van der Waals surface area contributed by atoms with Gasteiger partial charge in [-0.05, 0) is 49.4 Å². The third-order valence-corrected chi connectivity index (χ3v) is 5.60. The first kappa shape index (κ1) is 20.7. The Balaban J connectivity index is 1.63. The largest absolute Gasteiger partial charge is 0.363 e. The summed E-state index contributed by atoms with van der Waals surface area (Å²) in [6, 6.07) is 16.8. The van der Waals surface area contributed by atoms with Crippen LogP contribution in [-0.2, 0) is 5.72 Å². The van der Waals surface area contributed by atoms with Gasteiger partial charge in [-0.1, -0.05) is 24.3 Å². The zero-order chi connectivity index (χ0) is 23.2. The third kappa shape index (κ3) is 3.30. The van der Waals surface area contributed by atoms with Crippen molar-refractivity contribution in [2.75, 3.05) is 16.8 Å². The number of carbonyl (C=O) groups excluding carboxylic acids is 2. The predicted octanol–water partition coefficient (Wildman–Crippen LogP) is 3.70. The van der Waals surface area contributed by atoms with Crippen molar-refractivity contribution >= 4 is 34.6 Å². The van der Waals surface area contributed by atoms with E-state index in [2.05, 4.69) is 20.6 Å². The quantitative estimate of drug-likeness (QED) is 0.384. The summed E-state index contributed by atoms with van der Waals surface area (Å²) < 4.78 is 13.6. The van der Waals surface area contributed by atoms with Crippen molar-refractivity contribution in [3.8, 4) is 0 Å². The maximum absolute atomic E-state index is 13.6. The molecule has 1 aromatic heterocycles. The van der Waals surface area contributed by atoms with Crippen LogP contribution in [0.1, 0.15) is 28.4 Å². The minimum atomic E-state index is -1.84. The number of anilines is 2. The van der Waals surface area contributed by atoms with E-state index in [4.69, 9.17) is 0 Å². The van der Waals surface area contributed by atoms with Crippen LogP contribution in [0.4, 0.5) is 20.8 Å². The van der Waals surface area contributed by atoms with Crippen molar-refractivity contribution in [3.05, 3.63) is 89.2 Å². The molecular formula is C24H20FN5O3. The van der Waals surface area contributed by atoms with Gasteiger partial charge in [0, 0.05) is 28.9 Å². The van der Waals surface area contributed by atoms with Crippen LogP contribution in [-0.4, -0.2) is 33.6 Å². The summed E-state index contributed by atoms with van der Waals surface area (Å²) in [5.74, 6) is -0.598. The fourth-order valence-electron chi connectivity index (χ4n) is 4.14. The van der Waals surface area contributed by atoms with Crippen molar-refractivity contribution in [3.63, 3.8) is 0 Å². The molecular weight excluding hydrogens is 425 g/mol. The SMILES string of the molecule is CCNC(=O)Nc1nc2ccc(C3(O)c4ccccc4C(=O)N3c3ccc(F)cc3)cc2[nH]1. The lowest BCUT2D eigenvalue weighted by molar-refractivity contribution is 0.0704. The number of hydrogen-bond donors (Lipinski definition) is 4. The number of benzene rings is 3. The second-order valence-corrected chi connectivity index (χ2v) is 7.64. The van der Waals surface area contributed by atoms with Gasteiger partial charge in [0.05, 0.1) is 11.0 Å². The summed E-state index contributed by atoms with van der Waals surface area (Å²) in [7, 11) is 0. The van der Waals surface area contributed by atoms with Gasteiger partial charge in [-0.2, -0.15) is 0 Å². The molecule has 166 valence electrons. The molecule has 2 heterocycles. The first-order valence-corrected chi connectivity index (χ1v) is 10.4. The van der Waals surface area contributed by atoms with E-state index in [9.17, 15) is 19.1 Å². The number of aromatic nitrogens is 2. The molecule has 0 spiro atoms. The number of hydrogen-bond acceptors (Lipinski definition) is 4. The van der Waals surface area contributed by atoms with Crippen LogP contribution < -0.4 is 15.5 Å². The molecule has 3 aromatic carbocycles. The smallest absolute Gasteiger partial charge is 0.321 e. The number of H-pyrrole nitrogens is 1. The van der Waals surface area contributed by atoms with E-state index in [1.54, 1.807) is 49.4 Å². The number of urea groups is 1. The lowest BCUT2D eigenvalue weighted by Crippen LogP contribution is -2.45. The second-order valence-electron chi connectivity index (χ2n) is 7.64. The minimum Gasteiger partial charge on any atom is -0.363 e. The van der Waals surface area contributed by atoms with E-state index in [0.717, 1.165) is 0 Å². The molecule has 1 aliphatic heterocycles. The van der Waals surface area contributed by atoms with E-state index in [1.165, 1.54) is 29.2 Å². The number of carbonyl (C=O) groups is 2. The van der Waals surface area contributed by atoms with Gasteiger partial charge in [0.1, 0.15) is 5.82 Å². The lowest BCUT2D eigenvalue weighted by Gasteiger charge is -2.34. The zero-order valence-corrected chi connectivity index (χ0v) is 17.6. The number of nitrogens with zero attached hydrogens (tertiary/aromatic N) is 2. The van der Waals surface area contributed by atoms with E-state index < -0.39 is 23.5 Å². The highest BCUT2D eigenvalue weighted by molar-refractivity contribution is 6.12. The third-order valence-electron chi connectivity index (χ3n) is 5.60. The van der Waals surface area contributed by atoms with Gasteiger partial charge in [0.25, 0.3) is 5.91 Å². The van der Waals surface area contributed by atoms with E-state index in [-0.39, 0.29) is 5.95 Å². The maximum atomic E-state index is 13.6. The molecule has 0 saturated carbocycles. The predicted molar refractivity (Wildman–Crippen MR) is 121 cm³/mol. The molecule has 1 unspecified atom stereocenters. The van der Waals surface area contributed by atoms with E-state index in [1.807, 2.05) is 0 Å². The van der Waals surface area contributed by atoms with Gasteiger partial charge in [0.2, 0.25) is 5.95 Å². The fourth-order valence-corrected chi connectivity index (χ4v) is 4.14. The van der Waals surface area contributed by atoms with E-state index >= 15 is 0 Å². The average Bonchev–Trinajstić information content (AvgIpc) is 3.31. The number of imidazole rings is 1. The summed E-state index contributed by atoms with van der Waals surface area (Å²) in [5, 5.41) is 17.3. The molecule has 9 heteroatoms. The highest BCUT2D eigenvalue weighted by Gasteiger charge is 2.50. The molecule has 0 radical (unpaired) electrons. The van der Waals surface area contributed by atoms with Gasteiger partial charge in [-0.25, -0.2) is 14.2 Å². The normalized spacial score (nSPS) is 17.3. The molecule has 0 saturated heterocycles.